The standard InChI is InChI=1S/C17H18ClN3O2/c18-13-5-3-4-12(10-13)15-19-16(23-20-15)14-6-1-2-9-21(14)17(22)11-7-8-11/h3-5,10-11,14H,1-2,6-9H2. The molecule has 2 fully saturated rings. The maximum atomic E-state index is 12.5. The van der Waals surface area contributed by atoms with Crippen LogP contribution in [0.5, 0.6) is 0 Å². The van der Waals surface area contributed by atoms with Crippen LogP contribution in [-0.4, -0.2) is 27.5 Å². The summed E-state index contributed by atoms with van der Waals surface area (Å²) in [6.45, 7) is 0.787. The van der Waals surface area contributed by atoms with Crippen molar-refractivity contribution in [3.8, 4) is 11.4 Å². The van der Waals surface area contributed by atoms with Crippen LogP contribution in [0.2, 0.25) is 5.02 Å². The van der Waals surface area contributed by atoms with E-state index in [9.17, 15) is 4.79 Å². The summed E-state index contributed by atoms with van der Waals surface area (Å²) >= 11 is 6.02. The number of carbonyl (C=O) groups excluding carboxylic acids is 1. The van der Waals surface area contributed by atoms with E-state index in [0.717, 1.165) is 44.2 Å². The minimum absolute atomic E-state index is 0.0858. The lowest BCUT2D eigenvalue weighted by molar-refractivity contribution is -0.137. The molecule has 1 aliphatic heterocycles. The van der Waals surface area contributed by atoms with Crippen LogP contribution in [0, 0.1) is 5.92 Å². The minimum atomic E-state index is -0.0858. The number of aromatic nitrogens is 2. The van der Waals surface area contributed by atoms with Crippen LogP contribution in [0.4, 0.5) is 0 Å². The lowest BCUT2D eigenvalue weighted by atomic mass is 10.0. The van der Waals surface area contributed by atoms with E-state index in [4.69, 9.17) is 16.1 Å². The molecule has 1 aromatic heterocycles. The first-order valence-electron chi connectivity index (χ1n) is 8.12. The summed E-state index contributed by atoms with van der Waals surface area (Å²) in [5.41, 5.74) is 0.823. The van der Waals surface area contributed by atoms with E-state index >= 15 is 0 Å². The molecular weight excluding hydrogens is 314 g/mol. The highest BCUT2D eigenvalue weighted by Crippen LogP contribution is 2.37. The Morgan fingerprint density at radius 2 is 2.13 bits per heavy atom. The summed E-state index contributed by atoms with van der Waals surface area (Å²) in [7, 11) is 0. The molecule has 1 amide bonds. The SMILES string of the molecule is O=C(C1CC1)N1CCCCC1c1nc(-c2cccc(Cl)c2)no1. The Balaban J connectivity index is 1.60. The van der Waals surface area contributed by atoms with Gasteiger partial charge in [0.15, 0.2) is 0 Å². The Bertz CT molecular complexity index is 726. The molecule has 0 radical (unpaired) electrons. The van der Waals surface area contributed by atoms with Gasteiger partial charge in [0, 0.05) is 23.0 Å². The molecule has 2 aliphatic rings. The second-order valence-electron chi connectivity index (χ2n) is 6.28. The predicted molar refractivity (Wildman–Crippen MR) is 85.8 cm³/mol. The first kappa shape index (κ1) is 14.7. The van der Waals surface area contributed by atoms with Crippen molar-refractivity contribution in [2.24, 2.45) is 5.92 Å². The fourth-order valence-corrected chi connectivity index (χ4v) is 3.32. The van der Waals surface area contributed by atoms with Crippen LogP contribution in [-0.2, 0) is 4.79 Å². The van der Waals surface area contributed by atoms with Crippen LogP contribution >= 0.6 is 11.6 Å². The van der Waals surface area contributed by atoms with Crippen molar-refractivity contribution in [2.75, 3.05) is 6.54 Å². The van der Waals surface area contributed by atoms with Crippen molar-refractivity contribution in [3.63, 3.8) is 0 Å². The third-order valence-corrected chi connectivity index (χ3v) is 4.76. The first-order valence-corrected chi connectivity index (χ1v) is 8.50. The number of likely N-dealkylation sites (tertiary alicyclic amines) is 1. The summed E-state index contributed by atoms with van der Waals surface area (Å²) in [5.74, 6) is 1.52. The van der Waals surface area contributed by atoms with Gasteiger partial charge in [-0.15, -0.1) is 0 Å². The zero-order chi connectivity index (χ0) is 15.8. The van der Waals surface area contributed by atoms with E-state index in [1.54, 1.807) is 0 Å². The monoisotopic (exact) mass is 331 g/mol. The average molecular weight is 332 g/mol. The third kappa shape index (κ3) is 2.98. The Kier molecular flexibility index (Phi) is 3.81. The van der Waals surface area contributed by atoms with Gasteiger partial charge < -0.3 is 9.42 Å². The van der Waals surface area contributed by atoms with E-state index in [-0.39, 0.29) is 17.9 Å². The molecule has 120 valence electrons. The topological polar surface area (TPSA) is 59.2 Å². The van der Waals surface area contributed by atoms with E-state index in [0.29, 0.717) is 16.7 Å². The molecular formula is C17H18ClN3O2. The molecule has 2 aromatic rings. The molecule has 1 aliphatic carbocycles. The molecule has 1 aromatic carbocycles. The molecule has 1 unspecified atom stereocenters. The molecule has 1 atom stereocenters. The molecule has 23 heavy (non-hydrogen) atoms. The molecule has 5 nitrogen and oxygen atoms in total. The second-order valence-corrected chi connectivity index (χ2v) is 6.72. The Morgan fingerprint density at radius 3 is 2.91 bits per heavy atom. The molecule has 0 spiro atoms. The van der Waals surface area contributed by atoms with Crippen molar-refractivity contribution in [1.82, 2.24) is 15.0 Å². The van der Waals surface area contributed by atoms with Crippen LogP contribution < -0.4 is 0 Å². The maximum absolute atomic E-state index is 12.5. The van der Waals surface area contributed by atoms with Gasteiger partial charge in [0.1, 0.15) is 6.04 Å². The quantitative estimate of drug-likeness (QED) is 0.857. The highest BCUT2D eigenvalue weighted by Gasteiger charge is 2.39. The van der Waals surface area contributed by atoms with Crippen LogP contribution in [0.25, 0.3) is 11.4 Å². The van der Waals surface area contributed by atoms with Gasteiger partial charge in [-0.05, 0) is 44.2 Å². The molecule has 2 heterocycles. The number of piperidine rings is 1. The normalized spacial score (nSPS) is 21.4. The lowest BCUT2D eigenvalue weighted by Gasteiger charge is -2.33. The third-order valence-electron chi connectivity index (χ3n) is 4.52. The van der Waals surface area contributed by atoms with Gasteiger partial charge in [0.05, 0.1) is 0 Å². The van der Waals surface area contributed by atoms with Gasteiger partial charge in [-0.3, -0.25) is 4.79 Å². The molecule has 1 saturated heterocycles. The fraction of sp³-hybridized carbons (Fsp3) is 0.471. The van der Waals surface area contributed by atoms with Gasteiger partial charge in [-0.2, -0.15) is 4.98 Å². The summed E-state index contributed by atoms with van der Waals surface area (Å²) < 4.78 is 5.48. The number of halogens is 1. The highest BCUT2D eigenvalue weighted by atomic mass is 35.5. The predicted octanol–water partition coefficient (Wildman–Crippen LogP) is 3.85. The number of hydrogen-bond donors (Lipinski definition) is 0. The number of benzene rings is 1. The van der Waals surface area contributed by atoms with E-state index in [1.807, 2.05) is 29.2 Å². The molecule has 4 rings (SSSR count). The van der Waals surface area contributed by atoms with Gasteiger partial charge in [0.25, 0.3) is 0 Å². The van der Waals surface area contributed by atoms with Crippen molar-refractivity contribution < 1.29 is 9.32 Å². The summed E-state index contributed by atoms with van der Waals surface area (Å²) in [6, 6.07) is 7.29. The lowest BCUT2D eigenvalue weighted by Crippen LogP contribution is -2.39. The number of amides is 1. The van der Waals surface area contributed by atoms with Gasteiger partial charge >= 0.3 is 0 Å². The molecule has 6 heteroatoms. The summed E-state index contributed by atoms with van der Waals surface area (Å²) in [4.78, 5) is 19.0. The van der Waals surface area contributed by atoms with Crippen LogP contribution in [0.3, 0.4) is 0 Å². The number of hydrogen-bond acceptors (Lipinski definition) is 4. The number of rotatable bonds is 3. The van der Waals surface area contributed by atoms with Gasteiger partial charge in [-0.1, -0.05) is 28.9 Å². The van der Waals surface area contributed by atoms with Crippen molar-refractivity contribution >= 4 is 17.5 Å². The van der Waals surface area contributed by atoms with Crippen molar-refractivity contribution in [2.45, 2.75) is 38.1 Å². The van der Waals surface area contributed by atoms with Crippen LogP contribution in [0.1, 0.15) is 44.0 Å². The van der Waals surface area contributed by atoms with E-state index in [1.165, 1.54) is 0 Å². The first-order chi connectivity index (χ1) is 11.2. The summed E-state index contributed by atoms with van der Waals surface area (Å²) in [5, 5.41) is 4.71. The van der Waals surface area contributed by atoms with Gasteiger partial charge in [-0.25, -0.2) is 0 Å². The van der Waals surface area contributed by atoms with Crippen LogP contribution in [0.15, 0.2) is 28.8 Å². The van der Waals surface area contributed by atoms with E-state index < -0.39 is 0 Å². The fourth-order valence-electron chi connectivity index (χ4n) is 3.13. The zero-order valence-corrected chi connectivity index (χ0v) is 13.5. The Hall–Kier alpha value is -1.88. The minimum Gasteiger partial charge on any atom is -0.337 e. The Labute approximate surface area is 139 Å². The number of carbonyl (C=O) groups is 1. The molecule has 1 saturated carbocycles. The average Bonchev–Trinajstić information content (AvgIpc) is 3.31. The maximum Gasteiger partial charge on any atom is 0.249 e. The molecule has 0 bridgehead atoms. The van der Waals surface area contributed by atoms with Gasteiger partial charge in [0.2, 0.25) is 17.6 Å². The smallest absolute Gasteiger partial charge is 0.249 e. The zero-order valence-electron chi connectivity index (χ0n) is 12.7. The second kappa shape index (κ2) is 5.96. The Morgan fingerprint density at radius 1 is 1.26 bits per heavy atom. The molecule has 0 N–H and O–H groups in total. The number of nitrogens with zero attached hydrogens (tertiary/aromatic N) is 3. The largest absolute Gasteiger partial charge is 0.337 e. The van der Waals surface area contributed by atoms with E-state index in [2.05, 4.69) is 10.1 Å². The highest BCUT2D eigenvalue weighted by molar-refractivity contribution is 6.30. The van der Waals surface area contributed by atoms with Crippen molar-refractivity contribution in [3.05, 3.63) is 35.2 Å². The summed E-state index contributed by atoms with van der Waals surface area (Å²) in [6.07, 6.45) is 5.03. The van der Waals surface area contributed by atoms with Crippen molar-refractivity contribution in [1.29, 1.82) is 0 Å².